The number of aliphatic hydroxyl groups excluding tert-OH is 1. The average molecular weight is 214 g/mol. The monoisotopic (exact) mass is 214 g/mol. The van der Waals surface area contributed by atoms with Crippen LogP contribution in [0.15, 0.2) is 0 Å². The zero-order chi connectivity index (χ0) is 11.5. The van der Waals surface area contributed by atoms with Crippen LogP contribution in [0.2, 0.25) is 0 Å². The highest BCUT2D eigenvalue weighted by molar-refractivity contribution is 4.64. The SMILES string of the molecule is CCCCCCC(CC)CC(O)CCC. The lowest BCUT2D eigenvalue weighted by atomic mass is 9.91. The number of hydrogen-bond acceptors (Lipinski definition) is 1. The summed E-state index contributed by atoms with van der Waals surface area (Å²) in [5.41, 5.74) is 0. The van der Waals surface area contributed by atoms with Gasteiger partial charge in [-0.2, -0.15) is 0 Å². The van der Waals surface area contributed by atoms with E-state index in [9.17, 15) is 5.11 Å². The van der Waals surface area contributed by atoms with Crippen LogP contribution >= 0.6 is 0 Å². The van der Waals surface area contributed by atoms with Crippen molar-refractivity contribution in [3.05, 3.63) is 0 Å². The summed E-state index contributed by atoms with van der Waals surface area (Å²) in [4.78, 5) is 0. The third kappa shape index (κ3) is 8.92. The van der Waals surface area contributed by atoms with Crippen molar-refractivity contribution in [1.29, 1.82) is 0 Å². The molecule has 0 spiro atoms. The van der Waals surface area contributed by atoms with Crippen LogP contribution in [0.5, 0.6) is 0 Å². The van der Waals surface area contributed by atoms with Gasteiger partial charge in [0.2, 0.25) is 0 Å². The Labute approximate surface area is 96.3 Å². The van der Waals surface area contributed by atoms with Crippen molar-refractivity contribution in [2.75, 3.05) is 0 Å². The second-order valence-electron chi connectivity index (χ2n) is 4.80. The smallest absolute Gasteiger partial charge is 0.0542 e. The fraction of sp³-hybridized carbons (Fsp3) is 1.00. The lowest BCUT2D eigenvalue weighted by Gasteiger charge is -2.18. The molecule has 0 aliphatic carbocycles. The fourth-order valence-corrected chi connectivity index (χ4v) is 2.18. The van der Waals surface area contributed by atoms with Gasteiger partial charge in [-0.1, -0.05) is 65.7 Å². The molecule has 0 aromatic rings. The van der Waals surface area contributed by atoms with Crippen LogP contribution in [-0.4, -0.2) is 11.2 Å². The molecule has 0 radical (unpaired) electrons. The Bertz CT molecular complexity index is 123. The second kappa shape index (κ2) is 10.5. The van der Waals surface area contributed by atoms with Crippen LogP contribution in [0.4, 0.5) is 0 Å². The first-order chi connectivity index (χ1) is 7.24. The Kier molecular flexibility index (Phi) is 10.4. The molecular weight excluding hydrogens is 184 g/mol. The molecule has 92 valence electrons. The van der Waals surface area contributed by atoms with Crippen molar-refractivity contribution in [3.63, 3.8) is 0 Å². The normalized spacial score (nSPS) is 15.2. The van der Waals surface area contributed by atoms with Gasteiger partial charge in [0.1, 0.15) is 0 Å². The highest BCUT2D eigenvalue weighted by Gasteiger charge is 2.11. The predicted molar refractivity (Wildman–Crippen MR) is 68.1 cm³/mol. The van der Waals surface area contributed by atoms with Crippen LogP contribution in [0, 0.1) is 5.92 Å². The molecule has 0 aliphatic rings. The van der Waals surface area contributed by atoms with Crippen molar-refractivity contribution in [1.82, 2.24) is 0 Å². The molecule has 1 nitrogen and oxygen atoms in total. The van der Waals surface area contributed by atoms with E-state index >= 15 is 0 Å². The zero-order valence-electron chi connectivity index (χ0n) is 11.0. The summed E-state index contributed by atoms with van der Waals surface area (Å²) in [6.45, 7) is 6.65. The molecule has 1 N–H and O–H groups in total. The Morgan fingerprint density at radius 1 is 0.867 bits per heavy atom. The Morgan fingerprint density at radius 3 is 2.13 bits per heavy atom. The Hall–Kier alpha value is -0.0400. The zero-order valence-corrected chi connectivity index (χ0v) is 11.0. The molecule has 1 heteroatoms. The minimum Gasteiger partial charge on any atom is -0.393 e. The second-order valence-corrected chi connectivity index (χ2v) is 4.80. The van der Waals surface area contributed by atoms with E-state index in [0.717, 1.165) is 25.2 Å². The number of hydrogen-bond donors (Lipinski definition) is 1. The van der Waals surface area contributed by atoms with Crippen molar-refractivity contribution in [2.45, 2.75) is 84.7 Å². The van der Waals surface area contributed by atoms with E-state index in [1.54, 1.807) is 0 Å². The third-order valence-electron chi connectivity index (χ3n) is 3.27. The minimum absolute atomic E-state index is 0.0499. The van der Waals surface area contributed by atoms with Crippen LogP contribution in [0.1, 0.15) is 78.6 Å². The first-order valence-electron chi connectivity index (χ1n) is 6.92. The summed E-state index contributed by atoms with van der Waals surface area (Å²) in [7, 11) is 0. The van der Waals surface area contributed by atoms with Gasteiger partial charge in [-0.05, 0) is 18.8 Å². The highest BCUT2D eigenvalue weighted by atomic mass is 16.3. The third-order valence-corrected chi connectivity index (χ3v) is 3.27. The van der Waals surface area contributed by atoms with E-state index in [-0.39, 0.29) is 6.10 Å². The van der Waals surface area contributed by atoms with Crippen molar-refractivity contribution in [2.24, 2.45) is 5.92 Å². The quantitative estimate of drug-likeness (QED) is 0.530. The van der Waals surface area contributed by atoms with E-state index in [0.29, 0.717) is 0 Å². The molecule has 0 heterocycles. The molecule has 0 saturated heterocycles. The largest absolute Gasteiger partial charge is 0.393 e. The average Bonchev–Trinajstić information content (AvgIpc) is 2.23. The summed E-state index contributed by atoms with van der Waals surface area (Å²) in [6, 6.07) is 0. The summed E-state index contributed by atoms with van der Waals surface area (Å²) < 4.78 is 0. The standard InChI is InChI=1S/C14H30O/c1-4-7-8-9-11-13(6-3)12-14(15)10-5-2/h13-15H,4-12H2,1-3H3. The maximum absolute atomic E-state index is 9.75. The van der Waals surface area contributed by atoms with Crippen molar-refractivity contribution in [3.8, 4) is 0 Å². The molecular formula is C14H30O. The van der Waals surface area contributed by atoms with E-state index in [4.69, 9.17) is 0 Å². The van der Waals surface area contributed by atoms with Crippen LogP contribution in [-0.2, 0) is 0 Å². The molecule has 0 aliphatic heterocycles. The number of rotatable bonds is 10. The molecule has 0 aromatic heterocycles. The molecule has 0 rings (SSSR count). The van der Waals surface area contributed by atoms with Crippen LogP contribution in [0.25, 0.3) is 0 Å². The van der Waals surface area contributed by atoms with Gasteiger partial charge in [0.05, 0.1) is 6.10 Å². The lowest BCUT2D eigenvalue weighted by molar-refractivity contribution is 0.127. The fourth-order valence-electron chi connectivity index (χ4n) is 2.18. The van der Waals surface area contributed by atoms with E-state index in [1.165, 1.54) is 38.5 Å². The lowest BCUT2D eigenvalue weighted by Crippen LogP contribution is -2.13. The first-order valence-corrected chi connectivity index (χ1v) is 6.92. The molecule has 2 atom stereocenters. The molecule has 0 amide bonds. The number of aliphatic hydroxyl groups is 1. The summed E-state index contributed by atoms with van der Waals surface area (Å²) in [6.07, 6.45) is 11.0. The van der Waals surface area contributed by atoms with Crippen molar-refractivity contribution < 1.29 is 5.11 Å². The van der Waals surface area contributed by atoms with Crippen molar-refractivity contribution >= 4 is 0 Å². The molecule has 15 heavy (non-hydrogen) atoms. The molecule has 0 bridgehead atoms. The highest BCUT2D eigenvalue weighted by Crippen LogP contribution is 2.21. The Morgan fingerprint density at radius 2 is 1.60 bits per heavy atom. The van der Waals surface area contributed by atoms with Gasteiger partial charge < -0.3 is 5.11 Å². The molecule has 0 aromatic carbocycles. The number of unbranched alkanes of at least 4 members (excludes halogenated alkanes) is 3. The van der Waals surface area contributed by atoms with Gasteiger partial charge in [0.25, 0.3) is 0 Å². The maximum atomic E-state index is 9.75. The minimum atomic E-state index is -0.0499. The first kappa shape index (κ1) is 15.0. The topological polar surface area (TPSA) is 20.2 Å². The summed E-state index contributed by atoms with van der Waals surface area (Å²) in [5, 5.41) is 9.75. The van der Waals surface area contributed by atoms with E-state index in [1.807, 2.05) is 0 Å². The maximum Gasteiger partial charge on any atom is 0.0542 e. The molecule has 2 unspecified atom stereocenters. The van der Waals surface area contributed by atoms with Gasteiger partial charge in [0.15, 0.2) is 0 Å². The summed E-state index contributed by atoms with van der Waals surface area (Å²) in [5.74, 6) is 0.753. The Balaban J connectivity index is 3.53. The van der Waals surface area contributed by atoms with Gasteiger partial charge in [0, 0.05) is 0 Å². The van der Waals surface area contributed by atoms with Crippen LogP contribution in [0.3, 0.4) is 0 Å². The van der Waals surface area contributed by atoms with Gasteiger partial charge >= 0.3 is 0 Å². The van der Waals surface area contributed by atoms with E-state index in [2.05, 4.69) is 20.8 Å². The predicted octanol–water partition coefficient (Wildman–Crippen LogP) is 4.53. The summed E-state index contributed by atoms with van der Waals surface area (Å²) >= 11 is 0. The van der Waals surface area contributed by atoms with Crippen LogP contribution < -0.4 is 0 Å². The van der Waals surface area contributed by atoms with Gasteiger partial charge in [-0.15, -0.1) is 0 Å². The van der Waals surface area contributed by atoms with Gasteiger partial charge in [-0.25, -0.2) is 0 Å². The van der Waals surface area contributed by atoms with Gasteiger partial charge in [-0.3, -0.25) is 0 Å². The van der Waals surface area contributed by atoms with E-state index < -0.39 is 0 Å². The molecule has 0 fully saturated rings. The molecule has 0 saturated carbocycles.